The smallest absolute Gasteiger partial charge is 0.339 e. The number of rotatable bonds is 9. The predicted molar refractivity (Wildman–Crippen MR) is 153 cm³/mol. The number of hydrogen-bond acceptors (Lipinski definition) is 8. The molecule has 0 amide bonds. The fourth-order valence-corrected chi connectivity index (χ4v) is 5.94. The molecule has 5 rings (SSSR count). The normalized spacial score (nSPS) is 13.9. The van der Waals surface area contributed by atoms with Crippen LogP contribution in [0.25, 0.3) is 11.1 Å². The van der Waals surface area contributed by atoms with E-state index in [0.29, 0.717) is 0 Å². The maximum Gasteiger partial charge on any atom is 0.339 e. The highest BCUT2D eigenvalue weighted by molar-refractivity contribution is 7.87. The molecule has 0 heterocycles. The number of methoxy groups -OCH3 is 1. The molecule has 1 aliphatic rings. The maximum atomic E-state index is 13.5. The van der Waals surface area contributed by atoms with Crippen LogP contribution in [0.1, 0.15) is 34.6 Å². The summed E-state index contributed by atoms with van der Waals surface area (Å²) in [6.07, 6.45) is -0.484. The fraction of sp³-hybridized carbons (Fsp3) is 0.188. The van der Waals surface area contributed by atoms with E-state index in [2.05, 4.69) is 0 Å². The number of hydrogen-bond donors (Lipinski definition) is 1. The van der Waals surface area contributed by atoms with Crippen LogP contribution in [0.3, 0.4) is 0 Å². The third-order valence-corrected chi connectivity index (χ3v) is 8.51. The van der Waals surface area contributed by atoms with E-state index >= 15 is 0 Å². The number of fused-ring (bicyclic) bond motifs is 3. The van der Waals surface area contributed by atoms with Crippen molar-refractivity contribution in [2.75, 3.05) is 13.7 Å². The molecular weight excluding hydrogens is 542 g/mol. The van der Waals surface area contributed by atoms with Gasteiger partial charge in [0.15, 0.2) is 5.54 Å². The van der Waals surface area contributed by atoms with Gasteiger partial charge in [0.1, 0.15) is 17.3 Å². The predicted octanol–water partition coefficient (Wildman–Crippen LogP) is 4.84. The van der Waals surface area contributed by atoms with Gasteiger partial charge >= 0.3 is 22.1 Å². The van der Waals surface area contributed by atoms with E-state index in [0.717, 1.165) is 27.8 Å². The maximum absolute atomic E-state index is 13.5. The van der Waals surface area contributed by atoms with Gasteiger partial charge in [-0.05, 0) is 59.0 Å². The summed E-state index contributed by atoms with van der Waals surface area (Å²) in [5, 5.41) is 0. The minimum Gasteiger partial charge on any atom is -0.469 e. The van der Waals surface area contributed by atoms with Gasteiger partial charge < -0.3 is 19.4 Å². The van der Waals surface area contributed by atoms with E-state index in [1.807, 2.05) is 55.5 Å². The standard InChI is InChI=1S/C32H29NO7S/c1-21-11-17-24(18-12-21)41(36,37)40-23-15-13-22(14-16-23)32(33,19-30(34)38-2)31(35)39-20-29-27-9-5-3-7-25(27)26-8-4-6-10-28(26)29/h3-18,29H,19-20,33H2,1-2H3. The average Bonchev–Trinajstić information content (AvgIpc) is 3.29. The van der Waals surface area contributed by atoms with Crippen molar-refractivity contribution in [3.05, 3.63) is 119 Å². The summed E-state index contributed by atoms with van der Waals surface area (Å²) >= 11 is 0. The van der Waals surface area contributed by atoms with Crippen LogP contribution in [0, 0.1) is 6.92 Å². The van der Waals surface area contributed by atoms with E-state index in [1.165, 1.54) is 43.5 Å². The molecule has 1 aliphatic carbocycles. The Balaban J connectivity index is 1.37. The molecule has 0 aliphatic heterocycles. The number of esters is 2. The average molecular weight is 572 g/mol. The minimum atomic E-state index is -4.08. The van der Waals surface area contributed by atoms with Crippen LogP contribution in [0.5, 0.6) is 5.75 Å². The molecule has 8 nitrogen and oxygen atoms in total. The number of nitrogens with two attached hydrogens (primary N) is 1. The molecule has 0 saturated heterocycles. The first-order valence-electron chi connectivity index (χ1n) is 13.0. The Kier molecular flexibility index (Phi) is 7.66. The molecule has 0 radical (unpaired) electrons. The monoisotopic (exact) mass is 571 g/mol. The molecule has 4 aromatic rings. The molecule has 9 heteroatoms. The Morgan fingerprint density at radius 2 is 1.39 bits per heavy atom. The summed E-state index contributed by atoms with van der Waals surface area (Å²) < 4.78 is 41.2. The molecule has 0 saturated carbocycles. The summed E-state index contributed by atoms with van der Waals surface area (Å²) in [7, 11) is -2.88. The molecule has 0 fully saturated rings. The molecular formula is C32H29NO7S. The van der Waals surface area contributed by atoms with Gasteiger partial charge in [0.05, 0.1) is 13.5 Å². The quantitative estimate of drug-likeness (QED) is 0.224. The summed E-state index contributed by atoms with van der Waals surface area (Å²) in [5.41, 5.74) is 10.0. The Labute approximate surface area is 238 Å². The first kappa shape index (κ1) is 28.1. The van der Waals surface area contributed by atoms with Crippen molar-refractivity contribution >= 4 is 22.1 Å². The SMILES string of the molecule is COC(=O)CC(N)(C(=O)OCC1c2ccccc2-c2ccccc21)c1ccc(OS(=O)(=O)c2ccc(C)cc2)cc1. The van der Waals surface area contributed by atoms with Gasteiger partial charge in [-0.1, -0.05) is 78.4 Å². The van der Waals surface area contributed by atoms with Crippen LogP contribution in [-0.2, 0) is 34.7 Å². The molecule has 0 bridgehead atoms. The van der Waals surface area contributed by atoms with Gasteiger partial charge in [0.2, 0.25) is 0 Å². The minimum absolute atomic E-state index is 0.00433. The van der Waals surface area contributed by atoms with Gasteiger partial charge in [0.25, 0.3) is 0 Å². The summed E-state index contributed by atoms with van der Waals surface area (Å²) in [4.78, 5) is 25.9. The van der Waals surface area contributed by atoms with Gasteiger partial charge in [-0.15, -0.1) is 0 Å². The highest BCUT2D eigenvalue weighted by Crippen LogP contribution is 2.44. The lowest BCUT2D eigenvalue weighted by atomic mass is 9.87. The molecule has 2 N–H and O–H groups in total. The van der Waals surface area contributed by atoms with E-state index < -0.39 is 34.0 Å². The Hall–Kier alpha value is -4.47. The summed E-state index contributed by atoms with van der Waals surface area (Å²) in [5.74, 6) is -1.70. The second-order valence-corrected chi connectivity index (χ2v) is 11.5. The van der Waals surface area contributed by atoms with Crippen LogP contribution in [-0.4, -0.2) is 34.1 Å². The number of aryl methyl sites for hydroxylation is 1. The van der Waals surface area contributed by atoms with Crippen molar-refractivity contribution in [1.29, 1.82) is 0 Å². The molecule has 0 spiro atoms. The zero-order chi connectivity index (χ0) is 29.2. The highest BCUT2D eigenvalue weighted by atomic mass is 32.2. The topological polar surface area (TPSA) is 122 Å². The van der Waals surface area contributed by atoms with E-state index in [9.17, 15) is 18.0 Å². The highest BCUT2D eigenvalue weighted by Gasteiger charge is 2.41. The molecule has 41 heavy (non-hydrogen) atoms. The van der Waals surface area contributed by atoms with Crippen molar-refractivity contribution < 1.29 is 31.7 Å². The molecule has 1 atom stereocenters. The van der Waals surface area contributed by atoms with Crippen LogP contribution in [0.4, 0.5) is 0 Å². The molecule has 1 unspecified atom stereocenters. The van der Waals surface area contributed by atoms with Crippen LogP contribution < -0.4 is 9.92 Å². The third-order valence-electron chi connectivity index (χ3n) is 7.24. The Bertz CT molecular complexity index is 1650. The lowest BCUT2D eigenvalue weighted by Gasteiger charge is -2.27. The van der Waals surface area contributed by atoms with E-state index in [1.54, 1.807) is 12.1 Å². The number of ether oxygens (including phenoxy) is 2. The lowest BCUT2D eigenvalue weighted by Crippen LogP contribution is -2.48. The van der Waals surface area contributed by atoms with Crippen molar-refractivity contribution in [3.8, 4) is 16.9 Å². The first-order valence-corrected chi connectivity index (χ1v) is 14.4. The zero-order valence-corrected chi connectivity index (χ0v) is 23.4. The number of carbonyl (C=O) groups excluding carboxylic acids is 2. The van der Waals surface area contributed by atoms with Crippen molar-refractivity contribution in [2.45, 2.75) is 29.7 Å². The molecule has 0 aromatic heterocycles. The van der Waals surface area contributed by atoms with Gasteiger partial charge in [-0.3, -0.25) is 4.79 Å². The third kappa shape index (κ3) is 5.59. The molecule has 210 valence electrons. The van der Waals surface area contributed by atoms with Crippen LogP contribution >= 0.6 is 0 Å². The van der Waals surface area contributed by atoms with Crippen LogP contribution in [0.2, 0.25) is 0 Å². The largest absolute Gasteiger partial charge is 0.469 e. The summed E-state index contributed by atoms with van der Waals surface area (Å²) in [6, 6.07) is 27.7. The van der Waals surface area contributed by atoms with Crippen molar-refractivity contribution in [1.82, 2.24) is 0 Å². The lowest BCUT2D eigenvalue weighted by molar-refractivity contribution is -0.156. The second-order valence-electron chi connectivity index (χ2n) is 9.92. The zero-order valence-electron chi connectivity index (χ0n) is 22.6. The van der Waals surface area contributed by atoms with Gasteiger partial charge in [-0.25, -0.2) is 4.79 Å². The van der Waals surface area contributed by atoms with Crippen LogP contribution in [0.15, 0.2) is 102 Å². The van der Waals surface area contributed by atoms with Crippen molar-refractivity contribution in [2.24, 2.45) is 5.73 Å². The Morgan fingerprint density at radius 3 is 1.95 bits per heavy atom. The number of carbonyl (C=O) groups is 2. The summed E-state index contributed by atoms with van der Waals surface area (Å²) in [6.45, 7) is 1.86. The first-order chi connectivity index (χ1) is 19.6. The van der Waals surface area contributed by atoms with Gasteiger partial charge in [0, 0.05) is 5.92 Å². The number of benzene rings is 4. The molecule has 4 aromatic carbocycles. The second kappa shape index (κ2) is 11.2. The van der Waals surface area contributed by atoms with E-state index in [4.69, 9.17) is 19.4 Å². The van der Waals surface area contributed by atoms with Gasteiger partial charge in [-0.2, -0.15) is 8.42 Å². The Morgan fingerprint density at radius 1 is 0.829 bits per heavy atom. The van der Waals surface area contributed by atoms with E-state index in [-0.39, 0.29) is 28.7 Å². The van der Waals surface area contributed by atoms with Crippen molar-refractivity contribution in [3.63, 3.8) is 0 Å². The fourth-order valence-electron chi connectivity index (χ4n) is 5.01.